The van der Waals surface area contributed by atoms with Gasteiger partial charge in [-0.25, -0.2) is 4.98 Å². The van der Waals surface area contributed by atoms with Crippen LogP contribution in [0.15, 0.2) is 77.0 Å². The predicted molar refractivity (Wildman–Crippen MR) is 143 cm³/mol. The highest BCUT2D eigenvalue weighted by molar-refractivity contribution is 6.46. The number of aliphatic hydroxyl groups is 1. The highest BCUT2D eigenvalue weighted by Crippen LogP contribution is 2.41. The number of ether oxygens (including phenoxy) is 1. The molecular weight excluding hydrogens is 482 g/mol. The van der Waals surface area contributed by atoms with Crippen molar-refractivity contribution in [3.8, 4) is 5.75 Å². The zero-order valence-electron chi connectivity index (χ0n) is 21.6. The maximum absolute atomic E-state index is 13.4. The maximum Gasteiger partial charge on any atom is 0.296 e. The summed E-state index contributed by atoms with van der Waals surface area (Å²) < 4.78 is 13.1. The SMILES string of the molecule is CCCCCCOc1ccc(C2C(=C(O)c3c(C)nc4ccccn34)C(=O)C(=O)N2Cc2ccco2)cc1. The first-order chi connectivity index (χ1) is 18.5. The summed E-state index contributed by atoms with van der Waals surface area (Å²) in [5.74, 6) is -0.459. The van der Waals surface area contributed by atoms with Crippen molar-refractivity contribution in [3.05, 3.63) is 95.3 Å². The van der Waals surface area contributed by atoms with Crippen LogP contribution in [0, 0.1) is 6.92 Å². The van der Waals surface area contributed by atoms with E-state index in [0.717, 1.165) is 12.8 Å². The Labute approximate surface area is 221 Å². The molecule has 1 aliphatic heterocycles. The molecule has 0 radical (unpaired) electrons. The Kier molecular flexibility index (Phi) is 7.31. The molecule has 0 spiro atoms. The summed E-state index contributed by atoms with van der Waals surface area (Å²) in [5.41, 5.74) is 2.27. The molecule has 0 aliphatic carbocycles. The lowest BCUT2D eigenvalue weighted by molar-refractivity contribution is -0.140. The van der Waals surface area contributed by atoms with Crippen molar-refractivity contribution in [2.75, 3.05) is 6.61 Å². The minimum Gasteiger partial charge on any atom is -0.505 e. The van der Waals surface area contributed by atoms with Crippen molar-refractivity contribution in [2.24, 2.45) is 0 Å². The number of aryl methyl sites for hydroxylation is 1. The van der Waals surface area contributed by atoms with Crippen LogP contribution in [0.4, 0.5) is 0 Å². The van der Waals surface area contributed by atoms with Crippen LogP contribution >= 0.6 is 0 Å². The Bertz CT molecular complexity index is 1470. The zero-order valence-corrected chi connectivity index (χ0v) is 21.6. The van der Waals surface area contributed by atoms with E-state index >= 15 is 0 Å². The summed E-state index contributed by atoms with van der Waals surface area (Å²) in [5, 5.41) is 11.6. The lowest BCUT2D eigenvalue weighted by Gasteiger charge is -2.24. The second kappa shape index (κ2) is 11.0. The molecule has 1 N–H and O–H groups in total. The monoisotopic (exact) mass is 513 g/mol. The average Bonchev–Trinajstić information content (AvgIpc) is 3.62. The van der Waals surface area contributed by atoms with Gasteiger partial charge in [0.15, 0.2) is 5.76 Å². The van der Waals surface area contributed by atoms with Crippen LogP contribution in [-0.2, 0) is 16.1 Å². The van der Waals surface area contributed by atoms with Gasteiger partial charge in [0.1, 0.15) is 22.9 Å². The number of carbonyl (C=O) groups is 2. The molecule has 38 heavy (non-hydrogen) atoms. The molecule has 196 valence electrons. The van der Waals surface area contributed by atoms with Gasteiger partial charge >= 0.3 is 0 Å². The van der Waals surface area contributed by atoms with Gasteiger partial charge in [0.25, 0.3) is 11.7 Å². The van der Waals surface area contributed by atoms with Crippen molar-refractivity contribution < 1.29 is 23.8 Å². The van der Waals surface area contributed by atoms with Gasteiger partial charge in [-0.1, -0.05) is 44.4 Å². The Morgan fingerprint density at radius 2 is 1.87 bits per heavy atom. The number of Topliss-reactive ketones (excluding diaryl/α,β-unsaturated/α-hetero) is 1. The third-order valence-electron chi connectivity index (χ3n) is 6.84. The van der Waals surface area contributed by atoms with Gasteiger partial charge < -0.3 is 19.2 Å². The topological polar surface area (TPSA) is 97.3 Å². The van der Waals surface area contributed by atoms with E-state index < -0.39 is 17.7 Å². The summed E-state index contributed by atoms with van der Waals surface area (Å²) in [4.78, 5) is 32.6. The molecule has 4 heterocycles. The molecule has 1 unspecified atom stereocenters. The van der Waals surface area contributed by atoms with Crippen LogP contribution < -0.4 is 4.74 Å². The first-order valence-electron chi connectivity index (χ1n) is 13.0. The van der Waals surface area contributed by atoms with Crippen LogP contribution in [0.1, 0.15) is 61.4 Å². The summed E-state index contributed by atoms with van der Waals surface area (Å²) in [6.07, 6.45) is 7.75. The van der Waals surface area contributed by atoms with Gasteiger partial charge in [-0.15, -0.1) is 0 Å². The molecule has 1 amide bonds. The van der Waals surface area contributed by atoms with Crippen LogP contribution in [0.5, 0.6) is 5.75 Å². The van der Waals surface area contributed by atoms with Gasteiger partial charge in [0.05, 0.1) is 36.7 Å². The number of carbonyl (C=O) groups excluding carboxylic acids is 2. The first-order valence-corrected chi connectivity index (χ1v) is 13.0. The second-order valence-corrected chi connectivity index (χ2v) is 9.46. The van der Waals surface area contributed by atoms with E-state index in [2.05, 4.69) is 11.9 Å². The molecule has 0 bridgehead atoms. The number of pyridine rings is 1. The number of nitrogens with zero attached hydrogens (tertiary/aromatic N) is 3. The number of aromatic nitrogens is 2. The number of likely N-dealkylation sites (tertiary alicyclic amines) is 1. The standard InChI is InChI=1S/C30H31N3O5/c1-3-4-5-8-17-37-22-14-12-21(13-15-22)27-25(29(35)30(36)33(27)19-23-10-9-18-38-23)28(34)26-20(2)31-24-11-6-7-16-32(24)26/h6-7,9-16,18,27,34H,3-5,8,17,19H2,1-2H3. The molecule has 1 saturated heterocycles. The third kappa shape index (κ3) is 4.81. The quantitative estimate of drug-likeness (QED) is 0.124. The minimum atomic E-state index is -0.813. The number of ketones is 1. The normalized spacial score (nSPS) is 17.0. The largest absolute Gasteiger partial charge is 0.505 e. The smallest absolute Gasteiger partial charge is 0.296 e. The van der Waals surface area contributed by atoms with Crippen molar-refractivity contribution in [2.45, 2.75) is 52.1 Å². The van der Waals surface area contributed by atoms with Crippen LogP contribution in [0.25, 0.3) is 11.4 Å². The first kappa shape index (κ1) is 25.3. The number of imidazole rings is 1. The van der Waals surface area contributed by atoms with Crippen LogP contribution in [-0.4, -0.2) is 37.7 Å². The number of furan rings is 1. The summed E-state index contributed by atoms with van der Waals surface area (Å²) in [6, 6.07) is 15.5. The molecule has 0 saturated carbocycles. The molecule has 4 aromatic rings. The lowest BCUT2D eigenvalue weighted by atomic mass is 9.96. The van der Waals surface area contributed by atoms with Crippen molar-refractivity contribution in [1.29, 1.82) is 0 Å². The van der Waals surface area contributed by atoms with E-state index in [1.54, 1.807) is 29.7 Å². The van der Waals surface area contributed by atoms with Gasteiger partial charge in [-0.3, -0.25) is 14.0 Å². The number of rotatable bonds is 10. The Morgan fingerprint density at radius 1 is 1.05 bits per heavy atom. The molecule has 8 heteroatoms. The van der Waals surface area contributed by atoms with Gasteiger partial charge in [0.2, 0.25) is 0 Å². The van der Waals surface area contributed by atoms with Gasteiger partial charge in [0, 0.05) is 6.20 Å². The number of unbranched alkanes of at least 4 members (excludes halogenated alkanes) is 3. The number of amides is 1. The summed E-state index contributed by atoms with van der Waals surface area (Å²) >= 11 is 0. The minimum absolute atomic E-state index is 0.0172. The molecule has 8 nitrogen and oxygen atoms in total. The second-order valence-electron chi connectivity index (χ2n) is 9.46. The van der Waals surface area contributed by atoms with Crippen molar-refractivity contribution in [1.82, 2.24) is 14.3 Å². The van der Waals surface area contributed by atoms with Crippen molar-refractivity contribution >= 4 is 23.1 Å². The van der Waals surface area contributed by atoms with Crippen molar-refractivity contribution in [3.63, 3.8) is 0 Å². The van der Waals surface area contributed by atoms with Crippen LogP contribution in [0.3, 0.4) is 0 Å². The number of fused-ring (bicyclic) bond motifs is 1. The molecule has 1 aliphatic rings. The van der Waals surface area contributed by atoms with E-state index in [4.69, 9.17) is 9.15 Å². The van der Waals surface area contributed by atoms with E-state index in [9.17, 15) is 14.7 Å². The van der Waals surface area contributed by atoms with E-state index in [1.165, 1.54) is 24.0 Å². The Morgan fingerprint density at radius 3 is 2.61 bits per heavy atom. The highest BCUT2D eigenvalue weighted by atomic mass is 16.5. The van der Waals surface area contributed by atoms with Gasteiger partial charge in [-0.2, -0.15) is 0 Å². The van der Waals surface area contributed by atoms with Gasteiger partial charge in [-0.05, 0) is 55.3 Å². The Balaban J connectivity index is 1.54. The van der Waals surface area contributed by atoms with E-state index in [1.807, 2.05) is 42.5 Å². The highest BCUT2D eigenvalue weighted by Gasteiger charge is 2.47. The Hall–Kier alpha value is -4.33. The number of aliphatic hydroxyl groups excluding tert-OH is 1. The molecule has 5 rings (SSSR count). The maximum atomic E-state index is 13.4. The lowest BCUT2D eigenvalue weighted by Crippen LogP contribution is -2.29. The molecule has 1 fully saturated rings. The van der Waals surface area contributed by atoms with E-state index in [0.29, 0.717) is 40.7 Å². The van der Waals surface area contributed by atoms with Crippen LogP contribution in [0.2, 0.25) is 0 Å². The third-order valence-corrected chi connectivity index (χ3v) is 6.84. The average molecular weight is 514 g/mol. The fourth-order valence-electron chi connectivity index (χ4n) is 4.95. The molecular formula is C30H31N3O5. The molecule has 3 aromatic heterocycles. The number of hydrogen-bond acceptors (Lipinski definition) is 6. The summed E-state index contributed by atoms with van der Waals surface area (Å²) in [7, 11) is 0. The summed E-state index contributed by atoms with van der Waals surface area (Å²) in [6.45, 7) is 4.65. The predicted octanol–water partition coefficient (Wildman–Crippen LogP) is 5.82. The molecule has 1 aromatic carbocycles. The molecule has 1 atom stereocenters. The fraction of sp³-hybridized carbons (Fsp3) is 0.300. The zero-order chi connectivity index (χ0) is 26.6. The van der Waals surface area contributed by atoms with E-state index in [-0.39, 0.29) is 17.9 Å². The fourth-order valence-corrected chi connectivity index (χ4v) is 4.95. The number of hydrogen-bond donors (Lipinski definition) is 1. The number of benzene rings is 1.